The van der Waals surface area contributed by atoms with E-state index in [1.54, 1.807) is 20.0 Å². The number of hydrogen-bond acceptors (Lipinski definition) is 4. The lowest BCUT2D eigenvalue weighted by Crippen LogP contribution is -2.24. The van der Waals surface area contributed by atoms with Crippen LogP contribution in [0.25, 0.3) is 0 Å². The zero-order chi connectivity index (χ0) is 12.7. The van der Waals surface area contributed by atoms with Gasteiger partial charge in [-0.2, -0.15) is 0 Å². The van der Waals surface area contributed by atoms with Crippen molar-refractivity contribution in [2.45, 2.75) is 25.0 Å². The Morgan fingerprint density at radius 2 is 2.18 bits per heavy atom. The molecule has 0 aromatic carbocycles. The lowest BCUT2D eigenvalue weighted by molar-refractivity contribution is 0.405. The van der Waals surface area contributed by atoms with Gasteiger partial charge < -0.3 is 9.73 Å². The van der Waals surface area contributed by atoms with Crippen LogP contribution < -0.4 is 10.0 Å². The van der Waals surface area contributed by atoms with Gasteiger partial charge in [0.25, 0.3) is 10.0 Å². The van der Waals surface area contributed by atoms with E-state index in [0.29, 0.717) is 18.7 Å². The molecule has 5 nitrogen and oxygen atoms in total. The fraction of sp³-hybridized carbons (Fsp3) is 0.455. The molecule has 1 rings (SSSR count). The third-order valence-corrected chi connectivity index (χ3v) is 3.31. The minimum Gasteiger partial charge on any atom is -0.447 e. The molecule has 0 amide bonds. The Morgan fingerprint density at radius 3 is 2.82 bits per heavy atom. The molecule has 1 aromatic rings. The van der Waals surface area contributed by atoms with E-state index in [1.165, 1.54) is 6.07 Å². The fourth-order valence-corrected chi connectivity index (χ4v) is 2.19. The molecule has 0 fully saturated rings. The maximum atomic E-state index is 11.7. The van der Waals surface area contributed by atoms with Crippen molar-refractivity contribution < 1.29 is 12.8 Å². The molecule has 2 N–H and O–H groups in total. The summed E-state index contributed by atoms with van der Waals surface area (Å²) in [6.07, 6.45) is 0.486. The predicted molar refractivity (Wildman–Crippen MR) is 64.7 cm³/mol. The molecule has 0 saturated carbocycles. The van der Waals surface area contributed by atoms with Gasteiger partial charge in [0.15, 0.2) is 0 Å². The summed E-state index contributed by atoms with van der Waals surface area (Å²) in [5.41, 5.74) is 0. The fourth-order valence-electron chi connectivity index (χ4n) is 1.22. The summed E-state index contributed by atoms with van der Waals surface area (Å²) in [4.78, 5) is 0. The topological polar surface area (TPSA) is 71.3 Å². The Morgan fingerprint density at radius 1 is 1.41 bits per heavy atom. The van der Waals surface area contributed by atoms with Crippen LogP contribution in [0.1, 0.15) is 19.1 Å². The van der Waals surface area contributed by atoms with Crippen molar-refractivity contribution in [2.75, 3.05) is 13.6 Å². The highest BCUT2D eigenvalue weighted by Crippen LogP contribution is 2.13. The average molecular weight is 256 g/mol. The molecule has 1 heterocycles. The Balaban J connectivity index is 2.64. The lowest BCUT2D eigenvalue weighted by atomic mass is 10.4. The molecule has 94 valence electrons. The van der Waals surface area contributed by atoms with E-state index in [0.717, 1.165) is 0 Å². The molecule has 0 unspecified atom stereocenters. The molecule has 0 saturated heterocycles. The first-order valence-electron chi connectivity index (χ1n) is 5.22. The van der Waals surface area contributed by atoms with Crippen molar-refractivity contribution in [1.29, 1.82) is 0 Å². The largest absolute Gasteiger partial charge is 0.447 e. The normalized spacial score (nSPS) is 10.9. The number of hydrogen-bond donors (Lipinski definition) is 2. The minimum atomic E-state index is -3.55. The van der Waals surface area contributed by atoms with Gasteiger partial charge in [0, 0.05) is 13.0 Å². The highest BCUT2D eigenvalue weighted by atomic mass is 32.2. The van der Waals surface area contributed by atoms with Gasteiger partial charge in [0.1, 0.15) is 5.76 Å². The molecule has 17 heavy (non-hydrogen) atoms. The second-order valence-corrected chi connectivity index (χ2v) is 5.02. The molecule has 0 atom stereocenters. The first kappa shape index (κ1) is 13.8. The summed E-state index contributed by atoms with van der Waals surface area (Å²) in [6, 6.07) is 3.08. The number of sulfonamides is 1. The summed E-state index contributed by atoms with van der Waals surface area (Å²) < 4.78 is 31.1. The van der Waals surface area contributed by atoms with Gasteiger partial charge in [-0.25, -0.2) is 13.1 Å². The summed E-state index contributed by atoms with van der Waals surface area (Å²) >= 11 is 0. The highest BCUT2D eigenvalue weighted by Gasteiger charge is 2.17. The highest BCUT2D eigenvalue weighted by molar-refractivity contribution is 7.89. The van der Waals surface area contributed by atoms with Crippen LogP contribution in [0, 0.1) is 11.8 Å². The van der Waals surface area contributed by atoms with Crippen LogP contribution in [-0.4, -0.2) is 22.0 Å². The van der Waals surface area contributed by atoms with Gasteiger partial charge in [-0.15, -0.1) is 11.8 Å². The third-order valence-electron chi connectivity index (χ3n) is 1.97. The second kappa shape index (κ2) is 6.45. The smallest absolute Gasteiger partial charge is 0.273 e. The van der Waals surface area contributed by atoms with E-state index in [-0.39, 0.29) is 11.6 Å². The van der Waals surface area contributed by atoms with Crippen molar-refractivity contribution in [3.8, 4) is 11.8 Å². The Bertz CT molecular complexity index is 508. The van der Waals surface area contributed by atoms with Crippen LogP contribution in [0.5, 0.6) is 0 Å². The van der Waals surface area contributed by atoms with Crippen molar-refractivity contribution in [1.82, 2.24) is 10.0 Å². The van der Waals surface area contributed by atoms with Crippen LogP contribution in [0.2, 0.25) is 0 Å². The van der Waals surface area contributed by atoms with E-state index in [4.69, 9.17) is 4.42 Å². The molecular weight excluding hydrogens is 240 g/mol. The average Bonchev–Trinajstić information content (AvgIpc) is 2.74. The van der Waals surface area contributed by atoms with Crippen LogP contribution >= 0.6 is 0 Å². The Labute approximate surface area is 102 Å². The molecule has 0 aliphatic heterocycles. The van der Waals surface area contributed by atoms with E-state index in [2.05, 4.69) is 21.9 Å². The zero-order valence-corrected chi connectivity index (χ0v) is 10.7. The van der Waals surface area contributed by atoms with Gasteiger partial charge in [-0.3, -0.25) is 0 Å². The van der Waals surface area contributed by atoms with Gasteiger partial charge >= 0.3 is 0 Å². The van der Waals surface area contributed by atoms with Gasteiger partial charge in [-0.1, -0.05) is 0 Å². The summed E-state index contributed by atoms with van der Waals surface area (Å²) in [6.45, 7) is 2.49. The maximum absolute atomic E-state index is 11.7. The second-order valence-electron chi connectivity index (χ2n) is 3.33. The third kappa shape index (κ3) is 4.23. The first-order valence-corrected chi connectivity index (χ1v) is 6.71. The van der Waals surface area contributed by atoms with E-state index in [9.17, 15) is 8.42 Å². The Hall–Kier alpha value is -1.29. The summed E-state index contributed by atoms with van der Waals surface area (Å²) in [5.74, 6) is 6.06. The summed E-state index contributed by atoms with van der Waals surface area (Å²) in [7, 11) is -1.79. The number of furan rings is 1. The van der Waals surface area contributed by atoms with E-state index in [1.807, 2.05) is 0 Å². The summed E-state index contributed by atoms with van der Waals surface area (Å²) in [5, 5.41) is 2.82. The molecule has 0 aliphatic rings. The van der Waals surface area contributed by atoms with Crippen molar-refractivity contribution in [3.63, 3.8) is 0 Å². The standard InChI is InChI=1S/C11H16N2O3S/c1-3-4-5-8-13-17(14,15)11-7-6-10(16-11)9-12-2/h6-7,12-13H,5,8-9H2,1-2H3. The Kier molecular flexibility index (Phi) is 5.22. The molecule has 0 bridgehead atoms. The van der Waals surface area contributed by atoms with E-state index >= 15 is 0 Å². The van der Waals surface area contributed by atoms with Crippen molar-refractivity contribution >= 4 is 10.0 Å². The molecule has 6 heteroatoms. The van der Waals surface area contributed by atoms with Crippen molar-refractivity contribution in [3.05, 3.63) is 17.9 Å². The number of rotatable bonds is 6. The molecule has 0 radical (unpaired) electrons. The quantitative estimate of drug-likeness (QED) is 0.580. The van der Waals surface area contributed by atoms with Crippen molar-refractivity contribution in [2.24, 2.45) is 0 Å². The van der Waals surface area contributed by atoms with Crippen LogP contribution in [-0.2, 0) is 16.6 Å². The first-order chi connectivity index (χ1) is 8.10. The van der Waals surface area contributed by atoms with Gasteiger partial charge in [-0.05, 0) is 26.1 Å². The maximum Gasteiger partial charge on any atom is 0.273 e. The zero-order valence-electron chi connectivity index (χ0n) is 9.91. The number of nitrogens with one attached hydrogen (secondary N) is 2. The SMILES string of the molecule is CC#CCCNS(=O)(=O)c1ccc(CNC)o1. The molecule has 0 aliphatic carbocycles. The molecule has 1 aromatic heterocycles. The van der Waals surface area contributed by atoms with Crippen LogP contribution in [0.15, 0.2) is 21.6 Å². The predicted octanol–water partition coefficient (Wildman–Crippen LogP) is 0.691. The monoisotopic (exact) mass is 256 g/mol. The lowest BCUT2D eigenvalue weighted by Gasteiger charge is -2.01. The minimum absolute atomic E-state index is 0.0628. The van der Waals surface area contributed by atoms with Gasteiger partial charge in [0.2, 0.25) is 5.09 Å². The van der Waals surface area contributed by atoms with Gasteiger partial charge in [0.05, 0.1) is 6.54 Å². The molecule has 0 spiro atoms. The van der Waals surface area contributed by atoms with Crippen LogP contribution in [0.4, 0.5) is 0 Å². The van der Waals surface area contributed by atoms with Crippen LogP contribution in [0.3, 0.4) is 0 Å². The van der Waals surface area contributed by atoms with E-state index < -0.39 is 10.0 Å². The molecular formula is C11H16N2O3S.